The molecule has 0 saturated carbocycles. The standard InChI is InChI=1S/C19H20N4O2S/c1-10-7-6-8-14(9-10)21-17(24)16-13(4)20-18(26-16)15-11(2)12(3)22-23(5)19(15)25/h6-9H,1-5H3,(H,21,24). The highest BCUT2D eigenvalue weighted by Gasteiger charge is 2.21. The maximum absolute atomic E-state index is 12.7. The van der Waals surface area contributed by atoms with Crippen LogP contribution < -0.4 is 10.9 Å². The molecule has 0 fully saturated rings. The van der Waals surface area contributed by atoms with Crippen molar-refractivity contribution in [1.29, 1.82) is 0 Å². The second-order valence-electron chi connectivity index (χ2n) is 6.27. The highest BCUT2D eigenvalue weighted by molar-refractivity contribution is 7.17. The van der Waals surface area contributed by atoms with Gasteiger partial charge in [-0.05, 0) is 51.0 Å². The third-order valence-electron chi connectivity index (χ3n) is 4.22. The largest absolute Gasteiger partial charge is 0.321 e. The highest BCUT2D eigenvalue weighted by Crippen LogP contribution is 2.29. The van der Waals surface area contributed by atoms with E-state index in [1.807, 2.05) is 45.0 Å². The fourth-order valence-electron chi connectivity index (χ4n) is 2.73. The summed E-state index contributed by atoms with van der Waals surface area (Å²) in [6.45, 7) is 7.45. The van der Waals surface area contributed by atoms with Gasteiger partial charge in [0.2, 0.25) is 0 Å². The zero-order valence-corrected chi connectivity index (χ0v) is 16.2. The molecule has 0 saturated heterocycles. The Bertz CT molecular complexity index is 1070. The van der Waals surface area contributed by atoms with Crippen molar-refractivity contribution in [3.8, 4) is 10.6 Å². The maximum Gasteiger partial charge on any atom is 0.277 e. The van der Waals surface area contributed by atoms with Crippen LogP contribution in [0.25, 0.3) is 10.6 Å². The first kappa shape index (κ1) is 18.0. The van der Waals surface area contributed by atoms with Crippen LogP contribution in [0.4, 0.5) is 5.69 Å². The molecule has 0 spiro atoms. The van der Waals surface area contributed by atoms with E-state index in [-0.39, 0.29) is 11.5 Å². The van der Waals surface area contributed by atoms with Crippen LogP contribution >= 0.6 is 11.3 Å². The lowest BCUT2D eigenvalue weighted by molar-refractivity contribution is 0.103. The number of rotatable bonds is 3. The van der Waals surface area contributed by atoms with Crippen LogP contribution in [0, 0.1) is 27.7 Å². The fourth-order valence-corrected chi connectivity index (χ4v) is 3.78. The summed E-state index contributed by atoms with van der Waals surface area (Å²) in [5, 5.41) is 7.62. The summed E-state index contributed by atoms with van der Waals surface area (Å²) in [7, 11) is 1.62. The second-order valence-corrected chi connectivity index (χ2v) is 7.27. The minimum atomic E-state index is -0.225. The van der Waals surface area contributed by atoms with Crippen LogP contribution in [-0.2, 0) is 7.05 Å². The van der Waals surface area contributed by atoms with Crippen LogP contribution in [0.1, 0.15) is 32.2 Å². The Morgan fingerprint density at radius 1 is 1.15 bits per heavy atom. The van der Waals surface area contributed by atoms with Crippen molar-refractivity contribution in [2.75, 3.05) is 5.32 Å². The monoisotopic (exact) mass is 368 g/mol. The van der Waals surface area contributed by atoms with Gasteiger partial charge in [-0.15, -0.1) is 11.3 Å². The minimum Gasteiger partial charge on any atom is -0.321 e. The number of nitrogens with zero attached hydrogens (tertiary/aromatic N) is 3. The SMILES string of the molecule is Cc1cccc(NC(=O)c2sc(-c3c(C)c(C)nn(C)c3=O)nc2C)c1. The molecule has 7 heteroatoms. The van der Waals surface area contributed by atoms with Gasteiger partial charge in [0.05, 0.1) is 17.0 Å². The Labute approximate surface area is 155 Å². The second kappa shape index (κ2) is 6.84. The number of amides is 1. The van der Waals surface area contributed by atoms with E-state index in [9.17, 15) is 9.59 Å². The third kappa shape index (κ3) is 3.30. The molecule has 26 heavy (non-hydrogen) atoms. The number of thiazole rings is 1. The zero-order valence-electron chi connectivity index (χ0n) is 15.4. The number of carbonyl (C=O) groups is 1. The average Bonchev–Trinajstić information content (AvgIpc) is 2.95. The molecule has 2 heterocycles. The van der Waals surface area contributed by atoms with Gasteiger partial charge in [-0.3, -0.25) is 9.59 Å². The summed E-state index contributed by atoms with van der Waals surface area (Å²) < 4.78 is 1.31. The number of aryl methyl sites for hydroxylation is 4. The molecule has 1 amide bonds. The van der Waals surface area contributed by atoms with Crippen molar-refractivity contribution in [3.05, 3.63) is 62.0 Å². The maximum atomic E-state index is 12.7. The molecule has 1 N–H and O–H groups in total. The van der Waals surface area contributed by atoms with Gasteiger partial charge in [-0.1, -0.05) is 12.1 Å². The number of carbonyl (C=O) groups excluding carboxylic acids is 1. The van der Waals surface area contributed by atoms with Crippen LogP contribution in [0.3, 0.4) is 0 Å². The van der Waals surface area contributed by atoms with Crippen molar-refractivity contribution >= 4 is 22.9 Å². The predicted octanol–water partition coefficient (Wildman–Crippen LogP) is 3.39. The molecule has 3 aromatic rings. The van der Waals surface area contributed by atoms with E-state index in [4.69, 9.17) is 0 Å². The zero-order chi connectivity index (χ0) is 19.0. The Balaban J connectivity index is 2.00. The molecule has 1 aromatic carbocycles. The predicted molar refractivity (Wildman–Crippen MR) is 104 cm³/mol. The van der Waals surface area contributed by atoms with Crippen molar-refractivity contribution in [3.63, 3.8) is 0 Å². The van der Waals surface area contributed by atoms with Gasteiger partial charge in [-0.25, -0.2) is 9.67 Å². The molecule has 0 atom stereocenters. The average molecular weight is 368 g/mol. The molecule has 3 rings (SSSR count). The summed E-state index contributed by atoms with van der Waals surface area (Å²) in [4.78, 5) is 30.2. The normalized spacial score (nSPS) is 10.8. The van der Waals surface area contributed by atoms with Gasteiger partial charge in [-0.2, -0.15) is 5.10 Å². The first-order chi connectivity index (χ1) is 12.3. The van der Waals surface area contributed by atoms with E-state index in [0.29, 0.717) is 21.1 Å². The molecule has 0 aliphatic heterocycles. The minimum absolute atomic E-state index is 0.215. The van der Waals surface area contributed by atoms with E-state index in [1.54, 1.807) is 14.0 Å². The van der Waals surface area contributed by atoms with Gasteiger partial charge in [0, 0.05) is 12.7 Å². The lowest BCUT2D eigenvalue weighted by Gasteiger charge is -2.07. The van der Waals surface area contributed by atoms with Gasteiger partial charge >= 0.3 is 0 Å². The topological polar surface area (TPSA) is 76.9 Å². The van der Waals surface area contributed by atoms with Gasteiger partial charge in [0.25, 0.3) is 11.5 Å². The molecular weight excluding hydrogens is 348 g/mol. The summed E-state index contributed by atoms with van der Waals surface area (Å²) in [5.74, 6) is -0.225. The third-order valence-corrected chi connectivity index (χ3v) is 5.39. The van der Waals surface area contributed by atoms with Crippen LogP contribution in [0.2, 0.25) is 0 Å². The summed E-state index contributed by atoms with van der Waals surface area (Å²) in [5.41, 5.74) is 4.24. The van der Waals surface area contributed by atoms with E-state index in [1.165, 1.54) is 16.0 Å². The quantitative estimate of drug-likeness (QED) is 0.769. The molecule has 0 aliphatic carbocycles. The number of hydrogen-bond acceptors (Lipinski definition) is 5. The molecule has 0 unspecified atom stereocenters. The van der Waals surface area contributed by atoms with E-state index < -0.39 is 0 Å². The van der Waals surface area contributed by atoms with Crippen molar-refractivity contribution in [1.82, 2.24) is 14.8 Å². The number of nitrogens with one attached hydrogen (secondary N) is 1. The molecule has 0 bridgehead atoms. The molecule has 6 nitrogen and oxygen atoms in total. The first-order valence-electron chi connectivity index (χ1n) is 8.18. The van der Waals surface area contributed by atoms with Crippen molar-refractivity contribution < 1.29 is 4.79 Å². The molecule has 134 valence electrons. The van der Waals surface area contributed by atoms with Crippen LogP contribution in [-0.4, -0.2) is 20.7 Å². The van der Waals surface area contributed by atoms with E-state index in [0.717, 1.165) is 22.5 Å². The fraction of sp³-hybridized carbons (Fsp3) is 0.263. The van der Waals surface area contributed by atoms with Crippen LogP contribution in [0.15, 0.2) is 29.1 Å². The van der Waals surface area contributed by atoms with E-state index in [2.05, 4.69) is 15.4 Å². The first-order valence-corrected chi connectivity index (χ1v) is 9.00. The highest BCUT2D eigenvalue weighted by atomic mass is 32.1. The Morgan fingerprint density at radius 3 is 2.58 bits per heavy atom. The summed E-state index contributed by atoms with van der Waals surface area (Å²) in [6, 6.07) is 7.61. The van der Waals surface area contributed by atoms with Crippen molar-refractivity contribution in [2.45, 2.75) is 27.7 Å². The Morgan fingerprint density at radius 2 is 1.88 bits per heavy atom. The van der Waals surface area contributed by atoms with E-state index >= 15 is 0 Å². The molecule has 2 aromatic heterocycles. The van der Waals surface area contributed by atoms with Gasteiger partial charge in [0.15, 0.2) is 0 Å². The van der Waals surface area contributed by atoms with Gasteiger partial charge in [0.1, 0.15) is 9.88 Å². The number of hydrogen-bond donors (Lipinski definition) is 1. The smallest absolute Gasteiger partial charge is 0.277 e. The molecule has 0 aliphatic rings. The summed E-state index contributed by atoms with van der Waals surface area (Å²) >= 11 is 1.23. The lowest BCUT2D eigenvalue weighted by Crippen LogP contribution is -2.23. The Kier molecular flexibility index (Phi) is 4.73. The number of anilines is 1. The molecule has 0 radical (unpaired) electrons. The number of aromatic nitrogens is 3. The van der Waals surface area contributed by atoms with Gasteiger partial charge < -0.3 is 5.32 Å². The lowest BCUT2D eigenvalue weighted by atomic mass is 10.1. The molecular formula is C19H20N4O2S. The Hall–Kier alpha value is -2.80. The summed E-state index contributed by atoms with van der Waals surface area (Å²) in [6.07, 6.45) is 0. The number of benzene rings is 1. The van der Waals surface area contributed by atoms with Crippen molar-refractivity contribution in [2.24, 2.45) is 7.05 Å². The van der Waals surface area contributed by atoms with Crippen LogP contribution in [0.5, 0.6) is 0 Å².